The summed E-state index contributed by atoms with van der Waals surface area (Å²) in [6.45, 7) is 0. The van der Waals surface area contributed by atoms with E-state index in [2.05, 4.69) is 0 Å². The van der Waals surface area contributed by atoms with E-state index >= 15 is 0 Å². The van der Waals surface area contributed by atoms with Crippen molar-refractivity contribution in [2.24, 2.45) is 0 Å². The zero-order valence-corrected chi connectivity index (χ0v) is 9.99. The molecule has 0 spiro atoms. The molecule has 5 heteroatoms. The van der Waals surface area contributed by atoms with Crippen molar-refractivity contribution in [1.82, 2.24) is 0 Å². The quantitative estimate of drug-likeness (QED) is 0.531. The van der Waals surface area contributed by atoms with Crippen molar-refractivity contribution in [3.63, 3.8) is 0 Å². The molecular weight excluding hydrogens is 199 g/mol. The van der Waals surface area contributed by atoms with Crippen molar-refractivity contribution in [2.45, 2.75) is 0 Å². The van der Waals surface area contributed by atoms with Gasteiger partial charge in [0.2, 0.25) is 0 Å². The van der Waals surface area contributed by atoms with Crippen molar-refractivity contribution in [3.8, 4) is 0 Å². The largest absolute Gasteiger partial charge is 0.744 e. The van der Waals surface area contributed by atoms with Gasteiger partial charge < -0.3 is 4.55 Å². The molecule has 13 heavy (non-hydrogen) atoms. The minimum Gasteiger partial charge on any atom is -0.744 e. The van der Waals surface area contributed by atoms with Gasteiger partial charge in [0.05, 0.1) is 0 Å². The van der Waals surface area contributed by atoms with E-state index in [1.165, 1.54) is 6.08 Å². The Bertz CT molecular complexity index is 370. The standard InChI is InChI=1S/C8H8O3S.Na/c9-12(10,11)7-6-8-4-2-1-3-5-8;/h1-7H,(H,9,10,11);/p-1. The Morgan fingerprint density at radius 1 is 1.15 bits per heavy atom. The molecule has 1 aromatic rings. The second kappa shape index (κ2) is 5.57. The maximum atomic E-state index is 10.2. The maximum absolute atomic E-state index is 10.2. The second-order valence-electron chi connectivity index (χ2n) is 2.21. The summed E-state index contributed by atoms with van der Waals surface area (Å²) in [4.78, 5) is 0. The minimum atomic E-state index is -4.25. The Morgan fingerprint density at radius 3 is 2.15 bits per heavy atom. The van der Waals surface area contributed by atoms with Gasteiger partial charge in [-0.2, -0.15) is 0 Å². The third-order valence-electron chi connectivity index (χ3n) is 1.23. The van der Waals surface area contributed by atoms with E-state index in [-0.39, 0.29) is 29.6 Å². The molecule has 3 nitrogen and oxygen atoms in total. The molecule has 1 rings (SSSR count). The van der Waals surface area contributed by atoms with Crippen LogP contribution in [0.2, 0.25) is 0 Å². The summed E-state index contributed by atoms with van der Waals surface area (Å²) in [5.41, 5.74) is 0.692. The van der Waals surface area contributed by atoms with Crippen molar-refractivity contribution >= 4 is 45.8 Å². The second-order valence-corrected chi connectivity index (χ2v) is 3.46. The van der Waals surface area contributed by atoms with E-state index in [0.717, 1.165) is 0 Å². The van der Waals surface area contributed by atoms with Gasteiger partial charge in [-0.3, -0.25) is 0 Å². The summed E-state index contributed by atoms with van der Waals surface area (Å²) in [5.74, 6) is 0. The fourth-order valence-electron chi connectivity index (χ4n) is 0.726. The molecule has 0 bridgehead atoms. The predicted octanol–water partition coefficient (Wildman–Crippen LogP) is 0.822. The molecule has 0 amide bonds. The van der Waals surface area contributed by atoms with E-state index < -0.39 is 10.1 Å². The van der Waals surface area contributed by atoms with Crippen LogP contribution >= 0.6 is 0 Å². The van der Waals surface area contributed by atoms with Gasteiger partial charge in [0, 0.05) is 35.0 Å². The van der Waals surface area contributed by atoms with Crippen LogP contribution in [0.5, 0.6) is 0 Å². The average Bonchev–Trinajstić information content (AvgIpc) is 2.02. The van der Waals surface area contributed by atoms with Gasteiger partial charge >= 0.3 is 0 Å². The number of hydrogen-bond donors (Lipinski definition) is 0. The molecule has 0 aliphatic heterocycles. The normalized spacial score (nSPS) is 11.2. The van der Waals surface area contributed by atoms with Gasteiger partial charge in [0.25, 0.3) is 0 Å². The number of hydrogen-bond acceptors (Lipinski definition) is 3. The SMILES string of the molecule is O=S(=O)([O-])C=Cc1ccccc1.[Na]. The van der Waals surface area contributed by atoms with E-state index in [4.69, 9.17) is 0 Å². The molecule has 0 aliphatic rings. The summed E-state index contributed by atoms with van der Waals surface area (Å²) < 4.78 is 30.5. The minimum absolute atomic E-state index is 0. The third-order valence-corrected chi connectivity index (χ3v) is 1.70. The topological polar surface area (TPSA) is 57.2 Å². The maximum Gasteiger partial charge on any atom is 0.117 e. The van der Waals surface area contributed by atoms with Gasteiger partial charge in [-0.1, -0.05) is 30.3 Å². The first kappa shape index (κ1) is 12.9. The predicted molar refractivity (Wildman–Crippen MR) is 50.9 cm³/mol. The van der Waals surface area contributed by atoms with Crippen molar-refractivity contribution in [2.75, 3.05) is 0 Å². The first-order valence-corrected chi connectivity index (χ1v) is 4.74. The molecule has 0 aliphatic carbocycles. The molecule has 0 N–H and O–H groups in total. The third kappa shape index (κ3) is 6.01. The Kier molecular flexibility index (Phi) is 5.51. The summed E-state index contributed by atoms with van der Waals surface area (Å²) in [7, 11) is -4.25. The van der Waals surface area contributed by atoms with E-state index in [9.17, 15) is 13.0 Å². The van der Waals surface area contributed by atoms with Crippen molar-refractivity contribution in [1.29, 1.82) is 0 Å². The van der Waals surface area contributed by atoms with Crippen LogP contribution in [-0.2, 0) is 10.1 Å². The number of benzene rings is 1. The van der Waals surface area contributed by atoms with Crippen molar-refractivity contribution in [3.05, 3.63) is 41.3 Å². The summed E-state index contributed by atoms with van der Waals surface area (Å²) in [6, 6.07) is 8.75. The average molecular weight is 206 g/mol. The molecule has 0 fully saturated rings. The molecule has 0 unspecified atom stereocenters. The Balaban J connectivity index is 0.00000144. The number of rotatable bonds is 2. The van der Waals surface area contributed by atoms with Crippen LogP contribution in [0.1, 0.15) is 5.56 Å². The van der Waals surface area contributed by atoms with Crippen LogP contribution in [0.15, 0.2) is 35.7 Å². The molecule has 0 heterocycles. The van der Waals surface area contributed by atoms with Crippen LogP contribution in [0.3, 0.4) is 0 Å². The van der Waals surface area contributed by atoms with Gasteiger partial charge in [0.1, 0.15) is 10.1 Å². The first-order valence-electron chi connectivity index (χ1n) is 3.27. The molecule has 0 saturated carbocycles. The molecule has 0 atom stereocenters. The van der Waals surface area contributed by atoms with E-state index in [1.54, 1.807) is 24.3 Å². The van der Waals surface area contributed by atoms with Gasteiger partial charge in [-0.25, -0.2) is 8.42 Å². The zero-order chi connectivity index (χ0) is 9.03. The fraction of sp³-hybridized carbons (Fsp3) is 0. The molecule has 0 saturated heterocycles. The molecule has 0 aromatic heterocycles. The summed E-state index contributed by atoms with van der Waals surface area (Å²) >= 11 is 0. The van der Waals surface area contributed by atoms with Crippen LogP contribution in [-0.4, -0.2) is 42.5 Å². The monoisotopic (exact) mass is 206 g/mol. The summed E-state index contributed by atoms with van der Waals surface area (Å²) in [6.07, 6.45) is 1.27. The van der Waals surface area contributed by atoms with Crippen LogP contribution in [0.4, 0.5) is 0 Å². The Hall–Kier alpha value is -0.130. The first-order chi connectivity index (χ1) is 5.58. The molecule has 1 radical (unpaired) electrons. The Morgan fingerprint density at radius 2 is 1.69 bits per heavy atom. The summed E-state index contributed by atoms with van der Waals surface area (Å²) in [5, 5.41) is 0.641. The smallest absolute Gasteiger partial charge is 0.117 e. The van der Waals surface area contributed by atoms with E-state index in [1.807, 2.05) is 6.07 Å². The van der Waals surface area contributed by atoms with Crippen molar-refractivity contribution < 1.29 is 13.0 Å². The van der Waals surface area contributed by atoms with Gasteiger partial charge in [0.15, 0.2) is 0 Å². The van der Waals surface area contributed by atoms with Crippen LogP contribution in [0, 0.1) is 0 Å². The van der Waals surface area contributed by atoms with Gasteiger partial charge in [-0.05, 0) is 11.6 Å². The molecular formula is C8H7NaO3S-. The van der Waals surface area contributed by atoms with Gasteiger partial charge in [-0.15, -0.1) is 0 Å². The Labute approximate surface area is 99.5 Å². The molecule has 1 aromatic carbocycles. The van der Waals surface area contributed by atoms with Crippen LogP contribution in [0.25, 0.3) is 6.08 Å². The fourth-order valence-corrected chi connectivity index (χ4v) is 1.05. The molecule has 65 valence electrons. The zero-order valence-electron chi connectivity index (χ0n) is 7.17. The van der Waals surface area contributed by atoms with Crippen LogP contribution < -0.4 is 0 Å². The van der Waals surface area contributed by atoms with E-state index in [0.29, 0.717) is 11.0 Å².